The summed E-state index contributed by atoms with van der Waals surface area (Å²) in [6.45, 7) is 8.42. The van der Waals surface area contributed by atoms with Gasteiger partial charge in [-0.3, -0.25) is 9.78 Å². The summed E-state index contributed by atoms with van der Waals surface area (Å²) in [4.78, 5) is 18.0. The molecular weight excluding hydrogens is 412 g/mol. The van der Waals surface area contributed by atoms with Crippen molar-refractivity contribution >= 4 is 5.78 Å². The minimum absolute atomic E-state index is 0.0802. The van der Waals surface area contributed by atoms with E-state index in [9.17, 15) is 4.79 Å². The van der Waals surface area contributed by atoms with Crippen molar-refractivity contribution in [1.29, 1.82) is 0 Å². The lowest BCUT2D eigenvalue weighted by atomic mass is 9.58. The quantitative estimate of drug-likeness (QED) is 0.665. The number of methoxy groups -OCH3 is 1. The van der Waals surface area contributed by atoms with Crippen LogP contribution in [0.2, 0.25) is 0 Å². The molecule has 33 heavy (non-hydrogen) atoms. The number of nitrogens with one attached hydrogen (secondary N) is 1. The number of aryl methyl sites for hydroxylation is 1. The first-order valence-corrected chi connectivity index (χ1v) is 11.5. The standard InChI is InChI=1S/C27H30N4O2/c1-6-27(18-9-7-8-17(12-18)19-10-11-28-16(2)24(19)33-5)20-15-29-31-25(20)30-21-13-26(3,4)14-22(32)23(21)27/h7-12,15,25,30H,6,13-14H2,1-5H3/t25?,27-/m0/s1. The molecule has 2 aromatic rings. The van der Waals surface area contributed by atoms with Crippen LogP contribution in [0.5, 0.6) is 5.75 Å². The van der Waals surface area contributed by atoms with Crippen molar-refractivity contribution in [3.63, 3.8) is 0 Å². The summed E-state index contributed by atoms with van der Waals surface area (Å²) in [5.74, 6) is 0.980. The molecule has 1 unspecified atom stereocenters. The molecule has 170 valence electrons. The number of ketones is 1. The largest absolute Gasteiger partial charge is 0.494 e. The van der Waals surface area contributed by atoms with E-state index in [0.29, 0.717) is 6.42 Å². The third kappa shape index (κ3) is 3.23. The zero-order valence-corrected chi connectivity index (χ0v) is 19.9. The third-order valence-corrected chi connectivity index (χ3v) is 7.26. The highest BCUT2D eigenvalue weighted by molar-refractivity contribution is 6.01. The Bertz CT molecular complexity index is 1240. The van der Waals surface area contributed by atoms with Crippen LogP contribution in [0.15, 0.2) is 69.8 Å². The summed E-state index contributed by atoms with van der Waals surface area (Å²) in [6.07, 6.45) is 5.54. The van der Waals surface area contributed by atoms with Gasteiger partial charge in [0.15, 0.2) is 11.9 Å². The number of hydrogen-bond donors (Lipinski definition) is 1. The Morgan fingerprint density at radius 3 is 2.79 bits per heavy atom. The summed E-state index contributed by atoms with van der Waals surface area (Å²) in [6, 6.07) is 10.5. The predicted octanol–water partition coefficient (Wildman–Crippen LogP) is 5.64. The van der Waals surface area contributed by atoms with Gasteiger partial charge in [0.2, 0.25) is 0 Å². The lowest BCUT2D eigenvalue weighted by molar-refractivity contribution is -0.119. The molecule has 3 aliphatic rings. The van der Waals surface area contributed by atoms with E-state index in [1.807, 2.05) is 19.2 Å². The average molecular weight is 443 g/mol. The fraction of sp³-hybridized carbons (Fsp3) is 0.407. The lowest BCUT2D eigenvalue weighted by Crippen LogP contribution is -2.51. The molecule has 0 fully saturated rings. The SMILES string of the molecule is CC[C@]1(c2cccc(-c3ccnc(C)c3OC)c2)C2=CN=NC2NC2=C1C(=O)CC(C)(C)C2. The average Bonchev–Trinajstić information content (AvgIpc) is 3.25. The lowest BCUT2D eigenvalue weighted by Gasteiger charge is -2.47. The number of nitrogens with zero attached hydrogens (tertiary/aromatic N) is 3. The van der Waals surface area contributed by atoms with Crippen LogP contribution in [0.3, 0.4) is 0 Å². The van der Waals surface area contributed by atoms with Crippen LogP contribution in [-0.4, -0.2) is 24.0 Å². The van der Waals surface area contributed by atoms with Crippen molar-refractivity contribution in [3.05, 3.63) is 70.8 Å². The number of azo groups is 1. The minimum atomic E-state index is -0.562. The van der Waals surface area contributed by atoms with Crippen LogP contribution in [0.25, 0.3) is 11.1 Å². The zero-order valence-electron chi connectivity index (χ0n) is 19.9. The van der Waals surface area contributed by atoms with Crippen LogP contribution in [0.4, 0.5) is 0 Å². The second-order valence-electron chi connectivity index (χ2n) is 9.97. The number of Topliss-reactive ketones (excluding diaryl/α,β-unsaturated/α-hetero) is 1. The fourth-order valence-electron chi connectivity index (χ4n) is 5.88. The Hall–Kier alpha value is -3.28. The van der Waals surface area contributed by atoms with E-state index < -0.39 is 5.41 Å². The topological polar surface area (TPSA) is 75.9 Å². The molecule has 0 bridgehead atoms. The van der Waals surface area contributed by atoms with E-state index in [0.717, 1.165) is 57.8 Å². The maximum Gasteiger partial charge on any atom is 0.164 e. The van der Waals surface area contributed by atoms with E-state index in [2.05, 4.69) is 65.6 Å². The molecule has 2 aliphatic heterocycles. The van der Waals surface area contributed by atoms with Crippen LogP contribution in [-0.2, 0) is 10.2 Å². The molecular formula is C27H30N4O2. The number of carbonyl (C=O) groups is 1. The van der Waals surface area contributed by atoms with Gasteiger partial charge in [-0.2, -0.15) is 10.2 Å². The Balaban J connectivity index is 1.74. The van der Waals surface area contributed by atoms with E-state index in [4.69, 9.17) is 4.74 Å². The number of carbonyl (C=O) groups excluding carboxylic acids is 1. The van der Waals surface area contributed by atoms with E-state index in [1.165, 1.54) is 0 Å². The van der Waals surface area contributed by atoms with Gasteiger partial charge in [0.05, 0.1) is 24.4 Å². The molecule has 6 nitrogen and oxygen atoms in total. The van der Waals surface area contributed by atoms with Gasteiger partial charge in [-0.05, 0) is 48.4 Å². The number of fused-ring (bicyclic) bond motifs is 1. The van der Waals surface area contributed by atoms with Crippen molar-refractivity contribution in [2.24, 2.45) is 15.6 Å². The van der Waals surface area contributed by atoms with Gasteiger partial charge in [0.1, 0.15) is 5.75 Å². The summed E-state index contributed by atoms with van der Waals surface area (Å²) in [5.41, 5.74) is 6.27. The molecule has 0 radical (unpaired) electrons. The third-order valence-electron chi connectivity index (χ3n) is 7.26. The van der Waals surface area contributed by atoms with Gasteiger partial charge in [0.25, 0.3) is 0 Å². The zero-order chi connectivity index (χ0) is 23.4. The maximum atomic E-state index is 13.7. The minimum Gasteiger partial charge on any atom is -0.494 e. The van der Waals surface area contributed by atoms with Gasteiger partial charge in [-0.25, -0.2) is 0 Å². The Morgan fingerprint density at radius 2 is 2.03 bits per heavy atom. The molecule has 5 rings (SSSR count). The van der Waals surface area contributed by atoms with Crippen molar-refractivity contribution in [1.82, 2.24) is 10.3 Å². The van der Waals surface area contributed by atoms with Gasteiger partial charge in [-0.1, -0.05) is 39.0 Å². The summed E-state index contributed by atoms with van der Waals surface area (Å²) in [7, 11) is 1.67. The van der Waals surface area contributed by atoms with Crippen LogP contribution < -0.4 is 10.1 Å². The maximum absolute atomic E-state index is 13.7. The first-order valence-electron chi connectivity index (χ1n) is 11.5. The number of benzene rings is 1. The van der Waals surface area contributed by atoms with Crippen molar-refractivity contribution < 1.29 is 9.53 Å². The highest BCUT2D eigenvalue weighted by Crippen LogP contribution is 2.54. The number of aromatic nitrogens is 1. The van der Waals surface area contributed by atoms with Crippen molar-refractivity contribution in [2.75, 3.05) is 7.11 Å². The number of hydrogen-bond acceptors (Lipinski definition) is 6. The van der Waals surface area contributed by atoms with E-state index in [-0.39, 0.29) is 17.4 Å². The molecule has 0 saturated carbocycles. The number of allylic oxidation sites excluding steroid dienone is 2. The molecule has 6 heteroatoms. The predicted molar refractivity (Wildman–Crippen MR) is 128 cm³/mol. The number of rotatable bonds is 4. The molecule has 1 N–H and O–H groups in total. The first kappa shape index (κ1) is 21.6. The molecule has 2 atom stereocenters. The molecule has 1 aromatic carbocycles. The molecule has 0 spiro atoms. The summed E-state index contributed by atoms with van der Waals surface area (Å²) >= 11 is 0. The Kier molecular flexibility index (Phi) is 5.00. The second-order valence-corrected chi connectivity index (χ2v) is 9.97. The van der Waals surface area contributed by atoms with Crippen LogP contribution in [0.1, 0.15) is 51.3 Å². The Labute approximate surface area is 194 Å². The van der Waals surface area contributed by atoms with Gasteiger partial charge < -0.3 is 10.1 Å². The van der Waals surface area contributed by atoms with Gasteiger partial charge in [-0.15, -0.1) is 0 Å². The number of pyridine rings is 1. The van der Waals surface area contributed by atoms with Crippen LogP contribution in [0, 0.1) is 12.3 Å². The summed E-state index contributed by atoms with van der Waals surface area (Å²) in [5, 5.41) is 12.3. The van der Waals surface area contributed by atoms with E-state index in [1.54, 1.807) is 13.3 Å². The van der Waals surface area contributed by atoms with Crippen LogP contribution >= 0.6 is 0 Å². The normalized spacial score (nSPS) is 25.3. The molecule has 0 saturated heterocycles. The van der Waals surface area contributed by atoms with Crippen molar-refractivity contribution in [2.45, 2.75) is 58.5 Å². The second kappa shape index (κ2) is 7.65. The smallest absolute Gasteiger partial charge is 0.164 e. The van der Waals surface area contributed by atoms with Crippen molar-refractivity contribution in [3.8, 4) is 16.9 Å². The highest BCUT2D eigenvalue weighted by Gasteiger charge is 2.53. The molecule has 3 heterocycles. The highest BCUT2D eigenvalue weighted by atomic mass is 16.5. The fourth-order valence-corrected chi connectivity index (χ4v) is 5.88. The monoisotopic (exact) mass is 442 g/mol. The summed E-state index contributed by atoms with van der Waals surface area (Å²) < 4.78 is 5.69. The van der Waals surface area contributed by atoms with Gasteiger partial charge in [0, 0.05) is 35.0 Å². The van der Waals surface area contributed by atoms with Gasteiger partial charge >= 0.3 is 0 Å². The molecule has 1 aromatic heterocycles. The molecule has 0 amide bonds. The first-order chi connectivity index (χ1) is 15.8. The number of ether oxygens (including phenoxy) is 1. The Morgan fingerprint density at radius 1 is 1.21 bits per heavy atom. The molecule has 1 aliphatic carbocycles. The van der Waals surface area contributed by atoms with E-state index >= 15 is 0 Å².